The zero-order valence-corrected chi connectivity index (χ0v) is 17.7. The molecule has 0 radical (unpaired) electrons. The van der Waals surface area contributed by atoms with Crippen LogP contribution in [0.15, 0.2) is 41.0 Å². The Kier molecular flexibility index (Phi) is 5.78. The smallest absolute Gasteiger partial charge is 0.204 e. The van der Waals surface area contributed by atoms with E-state index in [-0.39, 0.29) is 11.6 Å². The van der Waals surface area contributed by atoms with Crippen molar-refractivity contribution in [3.63, 3.8) is 0 Å². The molecule has 1 aromatic carbocycles. The molecule has 0 unspecified atom stereocenters. The number of para-hydroxylation sites is 1. The van der Waals surface area contributed by atoms with Gasteiger partial charge in [-0.15, -0.1) is 10.2 Å². The van der Waals surface area contributed by atoms with Crippen LogP contribution >= 0.6 is 0 Å². The molecular weight excluding hydrogens is 408 g/mol. The molecule has 1 N–H and O–H groups in total. The van der Waals surface area contributed by atoms with Crippen LogP contribution in [0, 0.1) is 0 Å². The second-order valence-corrected chi connectivity index (χ2v) is 9.32. The minimum Gasteiger partial charge on any atom is -0.494 e. The maximum atomic E-state index is 13.1. The Balaban J connectivity index is 1.86. The van der Waals surface area contributed by atoms with Crippen molar-refractivity contribution in [2.24, 2.45) is 0 Å². The summed E-state index contributed by atoms with van der Waals surface area (Å²) in [6, 6.07) is 8.81. The van der Waals surface area contributed by atoms with E-state index in [1.807, 2.05) is 0 Å². The van der Waals surface area contributed by atoms with Crippen LogP contribution < -0.4 is 14.8 Å². The second-order valence-electron chi connectivity index (χ2n) is 7.04. The quantitative estimate of drug-likeness (QED) is 0.605. The summed E-state index contributed by atoms with van der Waals surface area (Å²) in [4.78, 5) is 0. The van der Waals surface area contributed by atoms with E-state index in [2.05, 4.69) is 15.5 Å². The predicted molar refractivity (Wildman–Crippen MR) is 111 cm³/mol. The highest BCUT2D eigenvalue weighted by molar-refractivity contribution is 7.91. The van der Waals surface area contributed by atoms with Crippen LogP contribution in [0.3, 0.4) is 0 Å². The summed E-state index contributed by atoms with van der Waals surface area (Å²) >= 11 is 0. The van der Waals surface area contributed by atoms with E-state index in [0.717, 1.165) is 13.0 Å². The molecule has 0 saturated carbocycles. The maximum Gasteiger partial charge on any atom is 0.204 e. The number of piperidine rings is 1. The molecule has 1 atom stereocenters. The topological polar surface area (TPSA) is 108 Å². The standard InChI is InChI=1S/C20H24N4O5S/c1-27-15-7-3-8-16(28-2)19(15)24-18(22-23-20(24)17-9-5-11-29-17)13-30(25,26)14-6-4-10-21-12-14/h3,5,7-9,11,14,21H,4,6,10,12-13H2,1-2H3/t14-/m0/s1. The van der Waals surface area contributed by atoms with Crippen molar-refractivity contribution in [2.45, 2.75) is 23.8 Å². The molecule has 0 aliphatic carbocycles. The molecule has 3 heterocycles. The van der Waals surface area contributed by atoms with E-state index in [9.17, 15) is 8.42 Å². The Bertz CT molecular complexity index is 1080. The lowest BCUT2D eigenvalue weighted by Crippen LogP contribution is -2.39. The monoisotopic (exact) mass is 432 g/mol. The fourth-order valence-corrected chi connectivity index (χ4v) is 5.37. The number of sulfone groups is 1. The van der Waals surface area contributed by atoms with Crippen LogP contribution in [-0.4, -0.2) is 55.7 Å². The van der Waals surface area contributed by atoms with Crippen LogP contribution in [0.25, 0.3) is 17.3 Å². The largest absolute Gasteiger partial charge is 0.494 e. The average Bonchev–Trinajstić information content (AvgIpc) is 3.43. The fourth-order valence-electron chi connectivity index (χ4n) is 3.69. The van der Waals surface area contributed by atoms with Crippen molar-refractivity contribution in [3.05, 3.63) is 42.4 Å². The molecular formula is C20H24N4O5S. The van der Waals surface area contributed by atoms with E-state index in [1.165, 1.54) is 6.26 Å². The summed E-state index contributed by atoms with van der Waals surface area (Å²) < 4.78 is 44.5. The van der Waals surface area contributed by atoms with Crippen LogP contribution in [0.4, 0.5) is 0 Å². The molecule has 1 aliphatic rings. The van der Waals surface area contributed by atoms with Crippen molar-refractivity contribution in [3.8, 4) is 28.8 Å². The molecule has 30 heavy (non-hydrogen) atoms. The number of hydrogen-bond donors (Lipinski definition) is 1. The first-order valence-electron chi connectivity index (χ1n) is 9.67. The minimum atomic E-state index is -3.46. The number of aromatic nitrogens is 3. The van der Waals surface area contributed by atoms with E-state index in [1.54, 1.807) is 49.1 Å². The molecule has 160 valence electrons. The summed E-state index contributed by atoms with van der Waals surface area (Å²) in [7, 11) is -0.378. The number of hydrogen-bond acceptors (Lipinski definition) is 8. The Labute approximate surface area is 174 Å². The van der Waals surface area contributed by atoms with E-state index < -0.39 is 15.1 Å². The lowest BCUT2D eigenvalue weighted by atomic mass is 10.2. The molecule has 1 saturated heterocycles. The highest BCUT2D eigenvalue weighted by atomic mass is 32.2. The van der Waals surface area contributed by atoms with Crippen LogP contribution in [-0.2, 0) is 15.6 Å². The first-order chi connectivity index (χ1) is 14.5. The van der Waals surface area contributed by atoms with Gasteiger partial charge in [-0.1, -0.05) is 6.07 Å². The second kappa shape index (κ2) is 8.49. The highest BCUT2D eigenvalue weighted by Gasteiger charge is 2.31. The van der Waals surface area contributed by atoms with Crippen molar-refractivity contribution in [1.29, 1.82) is 0 Å². The number of furan rings is 1. The number of nitrogens with one attached hydrogen (secondary N) is 1. The molecule has 1 aliphatic heterocycles. The first kappa shape index (κ1) is 20.4. The highest BCUT2D eigenvalue weighted by Crippen LogP contribution is 2.36. The normalized spacial score (nSPS) is 17.1. The van der Waals surface area contributed by atoms with Crippen molar-refractivity contribution >= 4 is 9.84 Å². The number of benzene rings is 1. The zero-order chi connectivity index (χ0) is 21.1. The summed E-state index contributed by atoms with van der Waals surface area (Å²) in [5, 5.41) is 11.2. The Hall–Kier alpha value is -2.85. The van der Waals surface area contributed by atoms with Crippen molar-refractivity contribution in [1.82, 2.24) is 20.1 Å². The molecule has 0 spiro atoms. The summed E-state index contributed by atoms with van der Waals surface area (Å²) in [5.41, 5.74) is 0.519. The number of rotatable bonds is 7. The molecule has 1 fully saturated rings. The van der Waals surface area contributed by atoms with Crippen molar-refractivity contribution < 1.29 is 22.3 Å². The van der Waals surface area contributed by atoms with Crippen LogP contribution in [0.2, 0.25) is 0 Å². The van der Waals surface area contributed by atoms with E-state index in [0.29, 0.717) is 41.7 Å². The Morgan fingerprint density at radius 2 is 1.93 bits per heavy atom. The van der Waals surface area contributed by atoms with Crippen molar-refractivity contribution in [2.75, 3.05) is 27.3 Å². The Morgan fingerprint density at radius 1 is 1.17 bits per heavy atom. The first-order valence-corrected chi connectivity index (χ1v) is 11.4. The molecule has 9 nitrogen and oxygen atoms in total. The van der Waals surface area contributed by atoms with Gasteiger partial charge in [-0.05, 0) is 43.7 Å². The average molecular weight is 433 g/mol. The summed E-state index contributed by atoms with van der Waals surface area (Å²) in [6.45, 7) is 1.28. The van der Waals surface area contributed by atoms with Gasteiger partial charge in [-0.3, -0.25) is 4.57 Å². The maximum absolute atomic E-state index is 13.1. The predicted octanol–water partition coefficient (Wildman–Crippen LogP) is 2.21. The Morgan fingerprint density at radius 3 is 2.53 bits per heavy atom. The minimum absolute atomic E-state index is 0.256. The van der Waals surface area contributed by atoms with Crippen LogP contribution in [0.1, 0.15) is 18.7 Å². The van der Waals surface area contributed by atoms with Gasteiger partial charge in [0.25, 0.3) is 0 Å². The molecule has 3 aromatic rings. The van der Waals surface area contributed by atoms with Crippen LogP contribution in [0.5, 0.6) is 11.5 Å². The van der Waals surface area contributed by atoms with Gasteiger partial charge in [-0.25, -0.2) is 8.42 Å². The lowest BCUT2D eigenvalue weighted by Gasteiger charge is -2.23. The molecule has 4 rings (SSSR count). The summed E-state index contributed by atoms with van der Waals surface area (Å²) in [6.07, 6.45) is 2.99. The third-order valence-electron chi connectivity index (χ3n) is 5.19. The van der Waals surface area contributed by atoms with Gasteiger partial charge >= 0.3 is 0 Å². The van der Waals surface area contributed by atoms with Gasteiger partial charge in [0.2, 0.25) is 5.82 Å². The number of methoxy groups -OCH3 is 2. The van der Waals surface area contributed by atoms with Gasteiger partial charge in [0, 0.05) is 6.54 Å². The molecule has 2 aromatic heterocycles. The molecule has 0 bridgehead atoms. The van der Waals surface area contributed by atoms with Gasteiger partial charge in [0.1, 0.15) is 22.9 Å². The third kappa shape index (κ3) is 3.80. The number of nitrogens with zero attached hydrogens (tertiary/aromatic N) is 3. The third-order valence-corrected chi connectivity index (χ3v) is 7.27. The SMILES string of the molecule is COc1cccc(OC)c1-n1c(CS(=O)(=O)[C@H]2CCCNC2)nnc1-c1ccco1. The molecule has 10 heteroatoms. The number of ether oxygens (including phenoxy) is 2. The summed E-state index contributed by atoms with van der Waals surface area (Å²) in [5.74, 6) is 1.84. The zero-order valence-electron chi connectivity index (χ0n) is 16.9. The van der Waals surface area contributed by atoms with E-state index >= 15 is 0 Å². The van der Waals surface area contributed by atoms with Gasteiger partial charge in [-0.2, -0.15) is 0 Å². The van der Waals surface area contributed by atoms with Gasteiger partial charge < -0.3 is 19.2 Å². The van der Waals surface area contributed by atoms with Gasteiger partial charge in [0.15, 0.2) is 21.4 Å². The lowest BCUT2D eigenvalue weighted by molar-refractivity contribution is 0.390. The van der Waals surface area contributed by atoms with E-state index in [4.69, 9.17) is 13.9 Å². The fraction of sp³-hybridized carbons (Fsp3) is 0.400. The molecule has 0 amide bonds. The van der Waals surface area contributed by atoms with Gasteiger partial charge in [0.05, 0.1) is 25.7 Å².